The Morgan fingerprint density at radius 3 is 2.53 bits per heavy atom. The van der Waals surface area contributed by atoms with Gasteiger partial charge < -0.3 is 5.73 Å². The molecule has 2 bridgehead atoms. The molecule has 2 N–H and O–H groups in total. The second-order valence-corrected chi connectivity index (χ2v) is 8.42. The summed E-state index contributed by atoms with van der Waals surface area (Å²) in [6, 6.07) is 0.309. The molecule has 3 unspecified atom stereocenters. The summed E-state index contributed by atoms with van der Waals surface area (Å²) >= 11 is 0. The molecule has 0 aromatic rings. The highest BCUT2D eigenvalue weighted by Crippen LogP contribution is 2.39. The van der Waals surface area contributed by atoms with E-state index in [0.29, 0.717) is 24.9 Å². The molecule has 1 saturated heterocycles. The number of fused-ring (bicyclic) bond motifs is 2. The minimum Gasteiger partial charge on any atom is -0.327 e. The van der Waals surface area contributed by atoms with Crippen molar-refractivity contribution in [2.75, 3.05) is 20.1 Å². The number of hydrogen-bond acceptors (Lipinski definition) is 3. The molecule has 112 valence electrons. The van der Waals surface area contributed by atoms with Crippen LogP contribution in [0.5, 0.6) is 0 Å². The average Bonchev–Trinajstić information content (AvgIpc) is 2.97. The molecule has 0 radical (unpaired) electrons. The standard InChI is InChI=1S/C13H27N3O2S/c1-10(2)13(14)6-7-15(3)19(17,18)16-9-11-4-5-12(16)8-11/h10-13H,4-9,14H2,1-3H3. The van der Waals surface area contributed by atoms with Gasteiger partial charge in [0, 0.05) is 32.2 Å². The summed E-state index contributed by atoms with van der Waals surface area (Å²) in [6.45, 7) is 5.36. The van der Waals surface area contributed by atoms with Crippen molar-refractivity contribution in [2.45, 2.75) is 51.6 Å². The fraction of sp³-hybridized carbons (Fsp3) is 1.00. The lowest BCUT2D eigenvalue weighted by molar-refractivity contribution is 0.299. The fourth-order valence-electron chi connectivity index (χ4n) is 3.12. The van der Waals surface area contributed by atoms with Crippen LogP contribution in [0.1, 0.15) is 39.5 Å². The molecule has 5 nitrogen and oxygen atoms in total. The Morgan fingerprint density at radius 2 is 2.05 bits per heavy atom. The van der Waals surface area contributed by atoms with Gasteiger partial charge in [-0.2, -0.15) is 17.0 Å². The smallest absolute Gasteiger partial charge is 0.281 e. The Kier molecular flexibility index (Phi) is 4.55. The van der Waals surface area contributed by atoms with E-state index in [4.69, 9.17) is 5.73 Å². The third kappa shape index (κ3) is 3.12. The number of nitrogens with zero attached hydrogens (tertiary/aromatic N) is 2. The van der Waals surface area contributed by atoms with Crippen molar-refractivity contribution in [3.05, 3.63) is 0 Å². The molecule has 0 aromatic carbocycles. The third-order valence-corrected chi connectivity index (χ3v) is 6.69. The first-order chi connectivity index (χ1) is 8.82. The number of hydrogen-bond donors (Lipinski definition) is 1. The highest BCUT2D eigenvalue weighted by molar-refractivity contribution is 7.86. The van der Waals surface area contributed by atoms with Crippen LogP contribution in [-0.2, 0) is 10.2 Å². The SMILES string of the molecule is CC(C)C(N)CCN(C)S(=O)(=O)N1CC2CCC1C2. The van der Waals surface area contributed by atoms with Gasteiger partial charge in [0.05, 0.1) is 0 Å². The summed E-state index contributed by atoms with van der Waals surface area (Å²) in [5.41, 5.74) is 5.99. The number of piperidine rings is 1. The van der Waals surface area contributed by atoms with Crippen molar-refractivity contribution >= 4 is 10.2 Å². The van der Waals surface area contributed by atoms with Crippen molar-refractivity contribution in [3.8, 4) is 0 Å². The van der Waals surface area contributed by atoms with Gasteiger partial charge in [-0.25, -0.2) is 0 Å². The second-order valence-electron chi connectivity index (χ2n) is 6.43. The predicted octanol–water partition coefficient (Wildman–Crippen LogP) is 1.02. The van der Waals surface area contributed by atoms with E-state index in [0.717, 1.165) is 19.3 Å². The summed E-state index contributed by atoms with van der Waals surface area (Å²) in [4.78, 5) is 0. The lowest BCUT2D eigenvalue weighted by Crippen LogP contribution is -2.46. The van der Waals surface area contributed by atoms with E-state index >= 15 is 0 Å². The third-order valence-electron chi connectivity index (χ3n) is 4.68. The molecule has 19 heavy (non-hydrogen) atoms. The van der Waals surface area contributed by atoms with E-state index in [1.165, 1.54) is 10.7 Å². The Labute approximate surface area is 117 Å². The number of rotatable bonds is 6. The van der Waals surface area contributed by atoms with Crippen LogP contribution >= 0.6 is 0 Å². The van der Waals surface area contributed by atoms with Crippen LogP contribution < -0.4 is 5.73 Å². The van der Waals surface area contributed by atoms with Crippen LogP contribution in [0.25, 0.3) is 0 Å². The highest BCUT2D eigenvalue weighted by Gasteiger charge is 2.44. The van der Waals surface area contributed by atoms with Gasteiger partial charge in [0.2, 0.25) is 0 Å². The first kappa shape index (κ1) is 15.2. The van der Waals surface area contributed by atoms with E-state index in [1.807, 2.05) is 0 Å². The molecule has 1 saturated carbocycles. The van der Waals surface area contributed by atoms with Crippen molar-refractivity contribution < 1.29 is 8.42 Å². The zero-order chi connectivity index (χ0) is 14.2. The van der Waals surface area contributed by atoms with Crippen LogP contribution in [-0.4, -0.2) is 49.2 Å². The molecule has 0 aromatic heterocycles. The van der Waals surface area contributed by atoms with Gasteiger partial charge in [-0.05, 0) is 37.5 Å². The van der Waals surface area contributed by atoms with Crippen LogP contribution in [0.2, 0.25) is 0 Å². The van der Waals surface area contributed by atoms with E-state index in [9.17, 15) is 8.42 Å². The van der Waals surface area contributed by atoms with Gasteiger partial charge in [0.1, 0.15) is 0 Å². The first-order valence-corrected chi connectivity index (χ1v) is 8.70. The van der Waals surface area contributed by atoms with Crippen LogP contribution in [0.4, 0.5) is 0 Å². The predicted molar refractivity (Wildman–Crippen MR) is 76.8 cm³/mol. The molecule has 6 heteroatoms. The summed E-state index contributed by atoms with van der Waals surface area (Å²) in [6.07, 6.45) is 4.00. The maximum absolute atomic E-state index is 12.5. The van der Waals surface area contributed by atoms with Crippen LogP contribution in [0, 0.1) is 11.8 Å². The lowest BCUT2D eigenvalue weighted by atomic mass is 10.0. The van der Waals surface area contributed by atoms with E-state index < -0.39 is 10.2 Å². The fourth-order valence-corrected chi connectivity index (χ4v) is 4.78. The van der Waals surface area contributed by atoms with Crippen molar-refractivity contribution in [1.82, 2.24) is 8.61 Å². The summed E-state index contributed by atoms with van der Waals surface area (Å²) < 4.78 is 28.2. The Morgan fingerprint density at radius 1 is 1.37 bits per heavy atom. The Balaban J connectivity index is 1.92. The number of nitrogens with two attached hydrogens (primary N) is 1. The van der Waals surface area contributed by atoms with E-state index in [2.05, 4.69) is 13.8 Å². The molecular formula is C13H27N3O2S. The maximum Gasteiger partial charge on any atom is 0.281 e. The summed E-state index contributed by atoms with van der Waals surface area (Å²) in [5.74, 6) is 0.977. The van der Waals surface area contributed by atoms with Gasteiger partial charge in [-0.3, -0.25) is 0 Å². The van der Waals surface area contributed by atoms with Crippen molar-refractivity contribution in [1.29, 1.82) is 0 Å². The van der Waals surface area contributed by atoms with E-state index in [1.54, 1.807) is 11.4 Å². The summed E-state index contributed by atoms with van der Waals surface area (Å²) in [7, 11) is -1.60. The van der Waals surface area contributed by atoms with Gasteiger partial charge in [0.25, 0.3) is 10.2 Å². The molecule has 1 aliphatic heterocycles. The largest absolute Gasteiger partial charge is 0.327 e. The first-order valence-electron chi connectivity index (χ1n) is 7.31. The zero-order valence-electron chi connectivity index (χ0n) is 12.2. The molecule has 3 atom stereocenters. The lowest BCUT2D eigenvalue weighted by Gasteiger charge is -2.31. The molecular weight excluding hydrogens is 262 g/mol. The minimum atomic E-state index is -3.28. The monoisotopic (exact) mass is 289 g/mol. The molecule has 0 amide bonds. The minimum absolute atomic E-state index is 0.0627. The molecule has 2 fully saturated rings. The Hall–Kier alpha value is -0.170. The molecule has 1 heterocycles. The van der Waals surface area contributed by atoms with Gasteiger partial charge in [-0.1, -0.05) is 13.8 Å². The van der Waals surface area contributed by atoms with Crippen LogP contribution in [0.15, 0.2) is 0 Å². The molecule has 0 spiro atoms. The normalized spacial score (nSPS) is 29.6. The highest BCUT2D eigenvalue weighted by atomic mass is 32.2. The molecule has 2 rings (SSSR count). The quantitative estimate of drug-likeness (QED) is 0.794. The second kappa shape index (κ2) is 5.68. The van der Waals surface area contributed by atoms with Gasteiger partial charge in [-0.15, -0.1) is 0 Å². The van der Waals surface area contributed by atoms with Crippen molar-refractivity contribution in [2.24, 2.45) is 17.6 Å². The molecule has 2 aliphatic rings. The maximum atomic E-state index is 12.5. The average molecular weight is 289 g/mol. The van der Waals surface area contributed by atoms with Gasteiger partial charge >= 0.3 is 0 Å². The zero-order valence-corrected chi connectivity index (χ0v) is 13.1. The van der Waals surface area contributed by atoms with Crippen LogP contribution in [0.3, 0.4) is 0 Å². The topological polar surface area (TPSA) is 66.6 Å². The van der Waals surface area contributed by atoms with Gasteiger partial charge in [0.15, 0.2) is 0 Å². The summed E-state index contributed by atoms with van der Waals surface area (Å²) in [5, 5.41) is 0. The van der Waals surface area contributed by atoms with Crippen molar-refractivity contribution in [3.63, 3.8) is 0 Å². The molecule has 1 aliphatic carbocycles. The van der Waals surface area contributed by atoms with E-state index in [-0.39, 0.29) is 12.1 Å². The Bertz CT molecular complexity index is 410.